The first kappa shape index (κ1) is 20.1. The standard InChI is InChI=1S/C20H30N4O2/c1-14(13-25)15(2)21-12-19(26)22-18-11-17(20(3,4)5)23-24(18)16-9-7-6-8-10-16/h6-11,14-15,21,25H,12-13H2,1-5H3,(H,22,26)/t14-,15-/m1/s1. The number of aromatic nitrogens is 2. The van der Waals surface area contributed by atoms with Gasteiger partial charge in [0.1, 0.15) is 5.82 Å². The van der Waals surface area contributed by atoms with Crippen LogP contribution in [0.25, 0.3) is 5.69 Å². The maximum absolute atomic E-state index is 12.4. The molecule has 1 heterocycles. The van der Waals surface area contributed by atoms with E-state index in [9.17, 15) is 9.90 Å². The normalized spacial score (nSPS) is 14.1. The number of nitrogens with zero attached hydrogens (tertiary/aromatic N) is 2. The Labute approximate surface area is 155 Å². The number of hydrogen-bond donors (Lipinski definition) is 3. The third-order valence-electron chi connectivity index (χ3n) is 4.47. The summed E-state index contributed by atoms with van der Waals surface area (Å²) in [5.41, 5.74) is 1.68. The molecule has 142 valence electrons. The molecule has 1 aromatic carbocycles. The minimum atomic E-state index is -0.139. The largest absolute Gasteiger partial charge is 0.396 e. The Morgan fingerprint density at radius 3 is 2.46 bits per heavy atom. The number of anilines is 1. The molecule has 6 heteroatoms. The van der Waals surface area contributed by atoms with E-state index in [0.29, 0.717) is 5.82 Å². The van der Waals surface area contributed by atoms with E-state index in [4.69, 9.17) is 0 Å². The molecule has 0 aliphatic carbocycles. The van der Waals surface area contributed by atoms with E-state index in [1.54, 1.807) is 4.68 Å². The molecule has 0 radical (unpaired) electrons. The lowest BCUT2D eigenvalue weighted by Gasteiger charge is -2.19. The molecule has 0 spiro atoms. The summed E-state index contributed by atoms with van der Waals surface area (Å²) in [6, 6.07) is 11.7. The molecule has 0 fully saturated rings. The van der Waals surface area contributed by atoms with Crippen LogP contribution in [0.3, 0.4) is 0 Å². The maximum Gasteiger partial charge on any atom is 0.239 e. The van der Waals surface area contributed by atoms with Crippen molar-refractivity contribution in [2.45, 2.75) is 46.1 Å². The van der Waals surface area contributed by atoms with Crippen LogP contribution in [-0.2, 0) is 10.2 Å². The molecule has 0 bridgehead atoms. The predicted molar refractivity (Wildman–Crippen MR) is 105 cm³/mol. The van der Waals surface area contributed by atoms with Gasteiger partial charge in [-0.15, -0.1) is 0 Å². The van der Waals surface area contributed by atoms with Gasteiger partial charge in [-0.05, 0) is 25.0 Å². The van der Waals surface area contributed by atoms with Gasteiger partial charge in [0.2, 0.25) is 5.91 Å². The SMILES string of the molecule is C[C@H](CO)[C@@H](C)NCC(=O)Nc1cc(C(C)(C)C)nn1-c1ccccc1. The maximum atomic E-state index is 12.4. The third-order valence-corrected chi connectivity index (χ3v) is 4.47. The quantitative estimate of drug-likeness (QED) is 0.711. The zero-order valence-electron chi connectivity index (χ0n) is 16.3. The molecule has 1 aromatic heterocycles. The van der Waals surface area contributed by atoms with Crippen molar-refractivity contribution in [1.82, 2.24) is 15.1 Å². The fraction of sp³-hybridized carbons (Fsp3) is 0.500. The Bertz CT molecular complexity index is 719. The van der Waals surface area contributed by atoms with Gasteiger partial charge in [0, 0.05) is 24.1 Å². The molecule has 26 heavy (non-hydrogen) atoms. The fourth-order valence-electron chi connectivity index (χ4n) is 2.40. The van der Waals surface area contributed by atoms with Gasteiger partial charge >= 0.3 is 0 Å². The number of aliphatic hydroxyl groups excluding tert-OH is 1. The number of benzene rings is 1. The van der Waals surface area contributed by atoms with Crippen molar-refractivity contribution in [3.63, 3.8) is 0 Å². The van der Waals surface area contributed by atoms with Gasteiger partial charge in [0.15, 0.2) is 0 Å². The van der Waals surface area contributed by atoms with Crippen molar-refractivity contribution in [2.75, 3.05) is 18.5 Å². The Balaban J connectivity index is 2.17. The molecule has 2 aromatic rings. The van der Waals surface area contributed by atoms with Crippen LogP contribution >= 0.6 is 0 Å². The number of rotatable bonds is 7. The van der Waals surface area contributed by atoms with Crippen LogP contribution in [0.4, 0.5) is 5.82 Å². The lowest BCUT2D eigenvalue weighted by atomic mass is 9.92. The number of amides is 1. The van der Waals surface area contributed by atoms with Crippen LogP contribution in [0.5, 0.6) is 0 Å². The van der Waals surface area contributed by atoms with Crippen LogP contribution in [0.15, 0.2) is 36.4 Å². The minimum Gasteiger partial charge on any atom is -0.396 e. The highest BCUT2D eigenvalue weighted by Gasteiger charge is 2.21. The summed E-state index contributed by atoms with van der Waals surface area (Å²) in [6.07, 6.45) is 0. The highest BCUT2D eigenvalue weighted by molar-refractivity contribution is 5.91. The summed E-state index contributed by atoms with van der Waals surface area (Å²) in [6.45, 7) is 10.4. The summed E-state index contributed by atoms with van der Waals surface area (Å²) < 4.78 is 1.76. The Morgan fingerprint density at radius 2 is 1.88 bits per heavy atom. The van der Waals surface area contributed by atoms with E-state index < -0.39 is 0 Å². The molecule has 6 nitrogen and oxygen atoms in total. The van der Waals surface area contributed by atoms with E-state index in [2.05, 4.69) is 36.5 Å². The molecule has 0 aliphatic heterocycles. The number of aliphatic hydroxyl groups is 1. The summed E-state index contributed by atoms with van der Waals surface area (Å²) in [4.78, 5) is 12.4. The highest BCUT2D eigenvalue weighted by Crippen LogP contribution is 2.26. The van der Waals surface area contributed by atoms with Gasteiger partial charge in [-0.1, -0.05) is 45.9 Å². The molecule has 2 rings (SSSR count). The molecule has 0 aliphatic rings. The van der Waals surface area contributed by atoms with Crippen molar-refractivity contribution < 1.29 is 9.90 Å². The van der Waals surface area contributed by atoms with Gasteiger partial charge < -0.3 is 15.7 Å². The average Bonchev–Trinajstić information content (AvgIpc) is 3.03. The van der Waals surface area contributed by atoms with E-state index >= 15 is 0 Å². The van der Waals surface area contributed by atoms with E-state index in [-0.39, 0.29) is 36.4 Å². The molecule has 2 atom stereocenters. The highest BCUT2D eigenvalue weighted by atomic mass is 16.3. The average molecular weight is 358 g/mol. The fourth-order valence-corrected chi connectivity index (χ4v) is 2.40. The molecule has 0 saturated heterocycles. The number of nitrogens with one attached hydrogen (secondary N) is 2. The van der Waals surface area contributed by atoms with E-state index in [0.717, 1.165) is 11.4 Å². The molecule has 3 N–H and O–H groups in total. The monoisotopic (exact) mass is 358 g/mol. The molecular formula is C20H30N4O2. The second-order valence-electron chi connectivity index (χ2n) is 7.79. The molecule has 0 saturated carbocycles. The first-order valence-electron chi connectivity index (χ1n) is 9.02. The summed E-state index contributed by atoms with van der Waals surface area (Å²) >= 11 is 0. The Morgan fingerprint density at radius 1 is 1.23 bits per heavy atom. The van der Waals surface area contributed by atoms with Gasteiger partial charge in [0.05, 0.1) is 17.9 Å². The van der Waals surface area contributed by atoms with Crippen LogP contribution in [0.1, 0.15) is 40.3 Å². The van der Waals surface area contributed by atoms with Crippen molar-refractivity contribution in [3.05, 3.63) is 42.1 Å². The number of hydrogen-bond acceptors (Lipinski definition) is 4. The van der Waals surface area contributed by atoms with Crippen molar-refractivity contribution in [2.24, 2.45) is 5.92 Å². The zero-order valence-corrected chi connectivity index (χ0v) is 16.3. The number of para-hydroxylation sites is 1. The van der Waals surface area contributed by atoms with Crippen LogP contribution in [-0.4, -0.2) is 40.0 Å². The second kappa shape index (κ2) is 8.47. The van der Waals surface area contributed by atoms with Crippen molar-refractivity contribution in [1.29, 1.82) is 0 Å². The Hall–Kier alpha value is -2.18. The van der Waals surface area contributed by atoms with E-state index in [1.807, 2.05) is 50.2 Å². The first-order chi connectivity index (χ1) is 12.2. The topological polar surface area (TPSA) is 79.2 Å². The van der Waals surface area contributed by atoms with Crippen LogP contribution in [0, 0.1) is 5.92 Å². The summed E-state index contributed by atoms with van der Waals surface area (Å²) in [5, 5.41) is 20.0. The predicted octanol–water partition coefficient (Wildman–Crippen LogP) is 2.71. The van der Waals surface area contributed by atoms with Crippen LogP contribution < -0.4 is 10.6 Å². The number of carbonyl (C=O) groups excluding carboxylic acids is 1. The van der Waals surface area contributed by atoms with Crippen LogP contribution in [0.2, 0.25) is 0 Å². The minimum absolute atomic E-state index is 0.0509. The lowest BCUT2D eigenvalue weighted by Crippen LogP contribution is -2.39. The molecule has 0 unspecified atom stereocenters. The van der Waals surface area contributed by atoms with Gasteiger partial charge in [0.25, 0.3) is 0 Å². The molecular weight excluding hydrogens is 328 g/mol. The van der Waals surface area contributed by atoms with Gasteiger partial charge in [-0.2, -0.15) is 5.10 Å². The van der Waals surface area contributed by atoms with E-state index in [1.165, 1.54) is 0 Å². The van der Waals surface area contributed by atoms with Crippen molar-refractivity contribution in [3.8, 4) is 5.69 Å². The Kier molecular flexibility index (Phi) is 6.56. The van der Waals surface area contributed by atoms with Gasteiger partial charge in [-0.3, -0.25) is 4.79 Å². The molecule has 1 amide bonds. The smallest absolute Gasteiger partial charge is 0.239 e. The second-order valence-corrected chi connectivity index (χ2v) is 7.79. The zero-order chi connectivity index (χ0) is 19.3. The summed E-state index contributed by atoms with van der Waals surface area (Å²) in [7, 11) is 0. The first-order valence-corrected chi connectivity index (χ1v) is 9.02. The lowest BCUT2D eigenvalue weighted by molar-refractivity contribution is -0.115. The number of carbonyl (C=O) groups is 1. The van der Waals surface area contributed by atoms with Gasteiger partial charge in [-0.25, -0.2) is 4.68 Å². The van der Waals surface area contributed by atoms with Crippen molar-refractivity contribution >= 4 is 11.7 Å². The summed E-state index contributed by atoms with van der Waals surface area (Å²) in [5.74, 6) is 0.598. The third kappa shape index (κ3) is 5.16.